The number of hydrogen-bond donors (Lipinski definition) is 0. The molecule has 2 aromatic carbocycles. The molecule has 1 unspecified atom stereocenters. The van der Waals surface area contributed by atoms with Crippen LogP contribution >= 0.6 is 0 Å². The Bertz CT molecular complexity index is 671. The first-order chi connectivity index (χ1) is 10.7. The molecule has 0 spiro atoms. The highest BCUT2D eigenvalue weighted by atomic mass is 16.7. The first kappa shape index (κ1) is 14.3. The van der Waals surface area contributed by atoms with Gasteiger partial charge in [-0.15, -0.1) is 6.58 Å². The molecule has 4 heteroatoms. The molecule has 0 bridgehead atoms. The molecule has 0 radical (unpaired) electrons. The van der Waals surface area contributed by atoms with Crippen LogP contribution in [-0.2, 0) is 0 Å². The molecule has 1 aliphatic heterocycles. The summed E-state index contributed by atoms with van der Waals surface area (Å²) in [5.41, 5.74) is 2.12. The first-order valence-corrected chi connectivity index (χ1v) is 7.00. The summed E-state index contributed by atoms with van der Waals surface area (Å²) >= 11 is 0. The molecule has 0 amide bonds. The summed E-state index contributed by atoms with van der Waals surface area (Å²) in [6.07, 6.45) is 1.89. The van der Waals surface area contributed by atoms with E-state index in [9.17, 15) is 0 Å². The maximum absolute atomic E-state index is 5.45. The van der Waals surface area contributed by atoms with Crippen LogP contribution in [0.1, 0.15) is 17.0 Å². The van der Waals surface area contributed by atoms with Gasteiger partial charge in [0, 0.05) is 12.0 Å². The van der Waals surface area contributed by atoms with Crippen LogP contribution in [0, 0.1) is 0 Å². The molecule has 0 saturated heterocycles. The highest BCUT2D eigenvalue weighted by Crippen LogP contribution is 2.38. The minimum absolute atomic E-state index is 0.0125. The van der Waals surface area contributed by atoms with Crippen molar-refractivity contribution in [2.45, 2.75) is 5.92 Å². The number of hydrogen-bond acceptors (Lipinski definition) is 4. The summed E-state index contributed by atoms with van der Waals surface area (Å²) in [6, 6.07) is 11.8. The third kappa shape index (κ3) is 2.60. The van der Waals surface area contributed by atoms with Gasteiger partial charge in [0.25, 0.3) is 0 Å². The molecule has 1 heterocycles. The van der Waals surface area contributed by atoms with Crippen molar-refractivity contribution in [2.75, 3.05) is 21.0 Å². The van der Waals surface area contributed by atoms with E-state index >= 15 is 0 Å². The van der Waals surface area contributed by atoms with Gasteiger partial charge in [-0.2, -0.15) is 0 Å². The molecule has 0 aromatic heterocycles. The topological polar surface area (TPSA) is 36.9 Å². The van der Waals surface area contributed by atoms with E-state index in [1.807, 2.05) is 42.5 Å². The minimum atomic E-state index is 0.0125. The highest BCUT2D eigenvalue weighted by Gasteiger charge is 2.18. The van der Waals surface area contributed by atoms with E-state index in [4.69, 9.17) is 18.9 Å². The zero-order valence-electron chi connectivity index (χ0n) is 12.7. The van der Waals surface area contributed by atoms with Crippen LogP contribution < -0.4 is 18.9 Å². The number of fused-ring (bicyclic) bond motifs is 1. The maximum Gasteiger partial charge on any atom is 0.231 e. The van der Waals surface area contributed by atoms with Crippen LogP contribution in [-0.4, -0.2) is 21.0 Å². The summed E-state index contributed by atoms with van der Waals surface area (Å²) in [6.45, 7) is 4.23. The Morgan fingerprint density at radius 2 is 1.64 bits per heavy atom. The van der Waals surface area contributed by atoms with Crippen molar-refractivity contribution in [1.29, 1.82) is 0 Å². The standard InChI is InChI=1S/C18H18O4/c1-4-16(12-5-6-17-18(9-12)22-11-21-17)13-7-14(19-2)10-15(8-13)20-3/h4-10,16H,1,11H2,2-3H3. The van der Waals surface area contributed by atoms with Crippen molar-refractivity contribution < 1.29 is 18.9 Å². The third-order valence-electron chi connectivity index (χ3n) is 3.72. The van der Waals surface area contributed by atoms with Crippen LogP contribution in [0.4, 0.5) is 0 Å². The van der Waals surface area contributed by atoms with Crippen molar-refractivity contribution in [1.82, 2.24) is 0 Å². The van der Waals surface area contributed by atoms with Gasteiger partial charge in [-0.25, -0.2) is 0 Å². The molecule has 22 heavy (non-hydrogen) atoms. The molecule has 3 rings (SSSR count). The molecule has 0 aliphatic carbocycles. The predicted molar refractivity (Wildman–Crippen MR) is 84.2 cm³/mol. The van der Waals surface area contributed by atoms with E-state index in [0.717, 1.165) is 34.1 Å². The van der Waals surface area contributed by atoms with Gasteiger partial charge in [0.1, 0.15) is 11.5 Å². The highest BCUT2D eigenvalue weighted by molar-refractivity contribution is 5.50. The smallest absolute Gasteiger partial charge is 0.231 e. The van der Waals surface area contributed by atoms with Crippen molar-refractivity contribution in [3.8, 4) is 23.0 Å². The van der Waals surface area contributed by atoms with Gasteiger partial charge in [0.05, 0.1) is 14.2 Å². The zero-order chi connectivity index (χ0) is 15.5. The lowest BCUT2D eigenvalue weighted by Gasteiger charge is -2.16. The Hall–Kier alpha value is -2.62. The molecule has 1 atom stereocenters. The number of methoxy groups -OCH3 is 2. The predicted octanol–water partition coefficient (Wildman–Crippen LogP) is 3.75. The fourth-order valence-electron chi connectivity index (χ4n) is 2.58. The van der Waals surface area contributed by atoms with Crippen LogP contribution in [0.15, 0.2) is 49.1 Å². The van der Waals surface area contributed by atoms with Crippen molar-refractivity contribution in [3.05, 3.63) is 60.2 Å². The van der Waals surface area contributed by atoms with E-state index in [0.29, 0.717) is 0 Å². The van der Waals surface area contributed by atoms with E-state index in [-0.39, 0.29) is 12.7 Å². The number of ether oxygens (including phenoxy) is 4. The average molecular weight is 298 g/mol. The molecular weight excluding hydrogens is 280 g/mol. The molecule has 0 fully saturated rings. The largest absolute Gasteiger partial charge is 0.497 e. The normalized spacial score (nSPS) is 13.5. The monoisotopic (exact) mass is 298 g/mol. The Balaban J connectivity index is 2.02. The summed E-state index contributed by atoms with van der Waals surface area (Å²) < 4.78 is 21.5. The Morgan fingerprint density at radius 1 is 0.955 bits per heavy atom. The van der Waals surface area contributed by atoms with Crippen LogP contribution in [0.3, 0.4) is 0 Å². The second-order valence-electron chi connectivity index (χ2n) is 4.97. The number of allylic oxidation sites excluding steroid dienone is 1. The number of benzene rings is 2. The summed E-state index contributed by atoms with van der Waals surface area (Å²) in [4.78, 5) is 0. The van der Waals surface area contributed by atoms with Crippen LogP contribution in [0.25, 0.3) is 0 Å². The molecule has 1 aliphatic rings. The fraction of sp³-hybridized carbons (Fsp3) is 0.222. The summed E-state index contributed by atoms with van der Waals surface area (Å²) in [7, 11) is 3.28. The Morgan fingerprint density at radius 3 is 2.27 bits per heavy atom. The van der Waals surface area contributed by atoms with Gasteiger partial charge in [0.2, 0.25) is 6.79 Å². The van der Waals surface area contributed by atoms with Gasteiger partial charge in [0.15, 0.2) is 11.5 Å². The van der Waals surface area contributed by atoms with E-state index in [1.165, 1.54) is 0 Å². The SMILES string of the molecule is C=CC(c1cc(OC)cc(OC)c1)c1ccc2c(c1)OCO2. The Labute approximate surface area is 129 Å². The first-order valence-electron chi connectivity index (χ1n) is 7.00. The fourth-order valence-corrected chi connectivity index (χ4v) is 2.58. The van der Waals surface area contributed by atoms with Crippen molar-refractivity contribution in [3.63, 3.8) is 0 Å². The number of rotatable bonds is 5. The second kappa shape index (κ2) is 6.02. The van der Waals surface area contributed by atoms with E-state index in [1.54, 1.807) is 14.2 Å². The van der Waals surface area contributed by atoms with Crippen molar-refractivity contribution in [2.24, 2.45) is 0 Å². The molecule has 0 saturated carbocycles. The van der Waals surface area contributed by atoms with Gasteiger partial charge >= 0.3 is 0 Å². The lowest BCUT2D eigenvalue weighted by Crippen LogP contribution is -1.99. The quantitative estimate of drug-likeness (QED) is 0.788. The van der Waals surface area contributed by atoms with E-state index in [2.05, 4.69) is 6.58 Å². The minimum Gasteiger partial charge on any atom is -0.497 e. The Kier molecular flexibility index (Phi) is 3.92. The van der Waals surface area contributed by atoms with Crippen LogP contribution in [0.2, 0.25) is 0 Å². The zero-order valence-corrected chi connectivity index (χ0v) is 12.7. The van der Waals surface area contributed by atoms with Crippen molar-refractivity contribution >= 4 is 0 Å². The van der Waals surface area contributed by atoms with Gasteiger partial charge in [-0.3, -0.25) is 0 Å². The summed E-state index contributed by atoms with van der Waals surface area (Å²) in [5, 5.41) is 0. The molecule has 0 N–H and O–H groups in total. The second-order valence-corrected chi connectivity index (χ2v) is 4.97. The molecule has 4 nitrogen and oxygen atoms in total. The summed E-state index contributed by atoms with van der Waals surface area (Å²) in [5.74, 6) is 3.05. The van der Waals surface area contributed by atoms with E-state index < -0.39 is 0 Å². The van der Waals surface area contributed by atoms with Gasteiger partial charge < -0.3 is 18.9 Å². The molecular formula is C18H18O4. The van der Waals surface area contributed by atoms with Crippen LogP contribution in [0.5, 0.6) is 23.0 Å². The molecule has 114 valence electrons. The lowest BCUT2D eigenvalue weighted by molar-refractivity contribution is 0.174. The van der Waals surface area contributed by atoms with Gasteiger partial charge in [-0.05, 0) is 35.4 Å². The maximum atomic E-state index is 5.45. The average Bonchev–Trinajstić information content (AvgIpc) is 3.03. The van der Waals surface area contributed by atoms with Gasteiger partial charge in [-0.1, -0.05) is 12.1 Å². The molecule has 2 aromatic rings. The lowest BCUT2D eigenvalue weighted by atomic mass is 9.91. The third-order valence-corrected chi connectivity index (χ3v) is 3.72.